The van der Waals surface area contributed by atoms with Crippen LogP contribution < -0.4 is 10.6 Å². The fourth-order valence-corrected chi connectivity index (χ4v) is 3.87. The molecule has 2 aliphatic rings. The number of nitrogens with one attached hydrogen (secondary N) is 2. The van der Waals surface area contributed by atoms with Gasteiger partial charge in [0, 0.05) is 18.1 Å². The quantitative estimate of drug-likeness (QED) is 0.703. The predicted molar refractivity (Wildman–Crippen MR) is 75.7 cm³/mol. The van der Waals surface area contributed by atoms with Crippen molar-refractivity contribution in [1.82, 2.24) is 10.6 Å². The van der Waals surface area contributed by atoms with Gasteiger partial charge in [-0.2, -0.15) is 0 Å². The summed E-state index contributed by atoms with van der Waals surface area (Å²) in [7, 11) is 0. The van der Waals surface area contributed by atoms with Crippen molar-refractivity contribution >= 4 is 0 Å². The first kappa shape index (κ1) is 14.3. The third-order valence-corrected chi connectivity index (χ3v) is 4.63. The van der Waals surface area contributed by atoms with E-state index < -0.39 is 0 Å². The van der Waals surface area contributed by atoms with Gasteiger partial charge in [-0.1, -0.05) is 12.8 Å². The standard InChI is InChI=1S/C15H30N2O/c1-11(10-12(2)18)17-15-7-4-3-6-13(15)14-8-5-9-16-14/h11-18H,3-10H2,1-2H3. The van der Waals surface area contributed by atoms with E-state index in [0.29, 0.717) is 12.1 Å². The maximum Gasteiger partial charge on any atom is 0.0526 e. The zero-order chi connectivity index (χ0) is 13.0. The summed E-state index contributed by atoms with van der Waals surface area (Å²) in [4.78, 5) is 0. The van der Waals surface area contributed by atoms with E-state index in [-0.39, 0.29) is 6.10 Å². The molecule has 1 heterocycles. The zero-order valence-electron chi connectivity index (χ0n) is 12.0. The minimum Gasteiger partial charge on any atom is -0.393 e. The van der Waals surface area contributed by atoms with Gasteiger partial charge in [0.15, 0.2) is 0 Å². The van der Waals surface area contributed by atoms with Crippen LogP contribution in [-0.4, -0.2) is 35.9 Å². The topological polar surface area (TPSA) is 44.3 Å². The molecule has 0 spiro atoms. The Bertz CT molecular complexity index is 239. The fourth-order valence-electron chi connectivity index (χ4n) is 3.87. The monoisotopic (exact) mass is 254 g/mol. The molecule has 3 heteroatoms. The second-order valence-corrected chi connectivity index (χ2v) is 6.41. The van der Waals surface area contributed by atoms with E-state index in [2.05, 4.69) is 17.6 Å². The van der Waals surface area contributed by atoms with Crippen LogP contribution in [0.3, 0.4) is 0 Å². The van der Waals surface area contributed by atoms with Gasteiger partial charge in [0.2, 0.25) is 0 Å². The van der Waals surface area contributed by atoms with Gasteiger partial charge in [-0.05, 0) is 58.4 Å². The summed E-state index contributed by atoms with van der Waals surface area (Å²) in [6, 6.07) is 1.82. The maximum atomic E-state index is 9.48. The molecule has 0 aromatic rings. The lowest BCUT2D eigenvalue weighted by atomic mass is 9.79. The second-order valence-electron chi connectivity index (χ2n) is 6.41. The van der Waals surface area contributed by atoms with Crippen molar-refractivity contribution in [3.63, 3.8) is 0 Å². The SMILES string of the molecule is CC(O)CC(C)NC1CCCCC1C1CCCN1. The van der Waals surface area contributed by atoms with Crippen LogP contribution in [0.25, 0.3) is 0 Å². The molecule has 0 aromatic carbocycles. The van der Waals surface area contributed by atoms with Crippen LogP contribution in [0.1, 0.15) is 58.8 Å². The molecule has 5 unspecified atom stereocenters. The highest BCUT2D eigenvalue weighted by Crippen LogP contribution is 2.31. The Hall–Kier alpha value is -0.120. The summed E-state index contributed by atoms with van der Waals surface area (Å²) in [6.07, 6.45) is 8.81. The smallest absolute Gasteiger partial charge is 0.0526 e. The lowest BCUT2D eigenvalue weighted by molar-refractivity contribution is 0.151. The Labute approximate surface area is 112 Å². The normalized spacial score (nSPS) is 36.5. The molecule has 1 saturated heterocycles. The van der Waals surface area contributed by atoms with Gasteiger partial charge in [-0.15, -0.1) is 0 Å². The summed E-state index contributed by atoms with van der Waals surface area (Å²) >= 11 is 0. The largest absolute Gasteiger partial charge is 0.393 e. The second kappa shape index (κ2) is 6.88. The summed E-state index contributed by atoms with van der Waals surface area (Å²) in [6.45, 7) is 5.30. The molecule has 1 aliphatic heterocycles. The van der Waals surface area contributed by atoms with E-state index in [0.717, 1.165) is 18.4 Å². The molecular formula is C15H30N2O. The number of aliphatic hydroxyl groups excluding tert-OH is 1. The highest BCUT2D eigenvalue weighted by molar-refractivity contribution is 4.92. The lowest BCUT2D eigenvalue weighted by Crippen LogP contribution is -2.50. The van der Waals surface area contributed by atoms with Crippen LogP contribution in [0.4, 0.5) is 0 Å². The van der Waals surface area contributed by atoms with E-state index in [9.17, 15) is 5.11 Å². The average molecular weight is 254 g/mol. The number of hydrogen-bond acceptors (Lipinski definition) is 3. The molecule has 0 bridgehead atoms. The molecule has 5 atom stereocenters. The van der Waals surface area contributed by atoms with E-state index in [1.165, 1.54) is 45.1 Å². The van der Waals surface area contributed by atoms with Gasteiger partial charge in [0.1, 0.15) is 0 Å². The van der Waals surface area contributed by atoms with E-state index in [1.807, 2.05) is 6.92 Å². The molecule has 18 heavy (non-hydrogen) atoms. The molecule has 2 rings (SSSR count). The Morgan fingerprint density at radius 3 is 2.61 bits per heavy atom. The predicted octanol–water partition coefficient (Wildman–Crippen LogP) is 2.05. The van der Waals surface area contributed by atoms with Crippen molar-refractivity contribution in [2.24, 2.45) is 5.92 Å². The molecular weight excluding hydrogens is 224 g/mol. The van der Waals surface area contributed by atoms with Gasteiger partial charge < -0.3 is 15.7 Å². The minimum absolute atomic E-state index is 0.195. The van der Waals surface area contributed by atoms with Crippen molar-refractivity contribution in [1.29, 1.82) is 0 Å². The van der Waals surface area contributed by atoms with E-state index in [1.54, 1.807) is 0 Å². The summed E-state index contributed by atoms with van der Waals surface area (Å²) in [5.74, 6) is 0.803. The number of aliphatic hydroxyl groups is 1. The lowest BCUT2D eigenvalue weighted by Gasteiger charge is -2.38. The molecule has 106 valence electrons. The van der Waals surface area contributed by atoms with Gasteiger partial charge >= 0.3 is 0 Å². The van der Waals surface area contributed by atoms with E-state index in [4.69, 9.17) is 0 Å². The van der Waals surface area contributed by atoms with Gasteiger partial charge in [-0.25, -0.2) is 0 Å². The van der Waals surface area contributed by atoms with Gasteiger partial charge in [0.25, 0.3) is 0 Å². The third kappa shape index (κ3) is 3.94. The highest BCUT2D eigenvalue weighted by Gasteiger charge is 2.33. The highest BCUT2D eigenvalue weighted by atomic mass is 16.3. The van der Waals surface area contributed by atoms with Crippen molar-refractivity contribution in [3.05, 3.63) is 0 Å². The molecule has 3 nitrogen and oxygen atoms in total. The third-order valence-electron chi connectivity index (χ3n) is 4.63. The number of hydrogen-bond donors (Lipinski definition) is 3. The van der Waals surface area contributed by atoms with Crippen molar-refractivity contribution in [2.45, 2.75) is 83.0 Å². The summed E-state index contributed by atoms with van der Waals surface area (Å²) in [5, 5.41) is 16.9. The molecule has 3 N–H and O–H groups in total. The Morgan fingerprint density at radius 1 is 1.17 bits per heavy atom. The molecule has 1 aliphatic carbocycles. The van der Waals surface area contributed by atoms with Crippen molar-refractivity contribution in [3.8, 4) is 0 Å². The van der Waals surface area contributed by atoms with Crippen LogP contribution in [0, 0.1) is 5.92 Å². The summed E-state index contributed by atoms with van der Waals surface area (Å²) in [5.41, 5.74) is 0. The van der Waals surface area contributed by atoms with Crippen LogP contribution in [0.5, 0.6) is 0 Å². The van der Waals surface area contributed by atoms with Crippen LogP contribution >= 0.6 is 0 Å². The number of rotatable bonds is 5. The average Bonchev–Trinajstić information content (AvgIpc) is 2.81. The van der Waals surface area contributed by atoms with Crippen LogP contribution in [0.2, 0.25) is 0 Å². The molecule has 2 fully saturated rings. The first-order valence-corrected chi connectivity index (χ1v) is 7.84. The Morgan fingerprint density at radius 2 is 1.94 bits per heavy atom. The molecule has 0 aromatic heterocycles. The summed E-state index contributed by atoms with van der Waals surface area (Å²) < 4.78 is 0. The maximum absolute atomic E-state index is 9.48. The van der Waals surface area contributed by atoms with Crippen molar-refractivity contribution < 1.29 is 5.11 Å². The van der Waals surface area contributed by atoms with E-state index >= 15 is 0 Å². The molecule has 0 amide bonds. The Kier molecular flexibility index (Phi) is 5.46. The first-order valence-electron chi connectivity index (χ1n) is 7.84. The Balaban J connectivity index is 1.86. The minimum atomic E-state index is -0.195. The zero-order valence-corrected chi connectivity index (χ0v) is 12.0. The molecule has 1 saturated carbocycles. The van der Waals surface area contributed by atoms with Crippen LogP contribution in [0.15, 0.2) is 0 Å². The van der Waals surface area contributed by atoms with Crippen LogP contribution in [-0.2, 0) is 0 Å². The van der Waals surface area contributed by atoms with Gasteiger partial charge in [-0.3, -0.25) is 0 Å². The fraction of sp³-hybridized carbons (Fsp3) is 1.00. The first-order chi connectivity index (χ1) is 8.66. The molecule has 0 radical (unpaired) electrons. The van der Waals surface area contributed by atoms with Crippen molar-refractivity contribution in [2.75, 3.05) is 6.54 Å². The van der Waals surface area contributed by atoms with Gasteiger partial charge in [0.05, 0.1) is 6.10 Å².